The molecule has 0 amide bonds. The number of carboxylic acids is 1. The van der Waals surface area contributed by atoms with Crippen LogP contribution in [-0.4, -0.2) is 33.3 Å². The largest absolute Gasteiger partial charge is 0.481 e. The Labute approximate surface area is 192 Å². The number of hydrogen-bond acceptors (Lipinski definition) is 4. The van der Waals surface area contributed by atoms with Gasteiger partial charge in [-0.15, -0.1) is 0 Å². The number of Topliss-reactive ketones (excluding diaryl/α,β-unsaturated/α-hetero) is 1. The van der Waals surface area contributed by atoms with E-state index >= 15 is 0 Å². The molecule has 5 heteroatoms. The lowest BCUT2D eigenvalue weighted by molar-refractivity contribution is -0.163. The average molecular weight is 445 g/mol. The summed E-state index contributed by atoms with van der Waals surface area (Å²) in [6, 6.07) is 0. The fraction of sp³-hybridized carbons (Fsp3) is 0.815. The van der Waals surface area contributed by atoms with Crippen LogP contribution in [0.25, 0.3) is 0 Å². The Balaban J connectivity index is 1.59. The number of ketones is 2. The van der Waals surface area contributed by atoms with Crippen LogP contribution in [0.4, 0.5) is 0 Å². The molecule has 2 N–H and O–H groups in total. The second-order valence-electron chi connectivity index (χ2n) is 11.7. The van der Waals surface area contributed by atoms with Crippen molar-refractivity contribution >= 4 is 17.5 Å². The highest BCUT2D eigenvalue weighted by Gasteiger charge is 2.64. The van der Waals surface area contributed by atoms with Crippen LogP contribution in [0.5, 0.6) is 0 Å². The predicted molar refractivity (Wildman–Crippen MR) is 122 cm³/mol. The lowest BCUT2D eigenvalue weighted by Gasteiger charge is -2.62. The highest BCUT2D eigenvalue weighted by molar-refractivity contribution is 5.93. The van der Waals surface area contributed by atoms with Gasteiger partial charge in [-0.25, -0.2) is 0 Å². The average Bonchev–Trinajstić information content (AvgIpc) is 3.06. The molecule has 4 aliphatic rings. The molecule has 3 fully saturated rings. The molecule has 7 atom stereocenters. The molecule has 0 aromatic rings. The Hall–Kier alpha value is -1.49. The zero-order valence-electron chi connectivity index (χ0n) is 20.0. The lowest BCUT2D eigenvalue weighted by atomic mass is 9.43. The molecule has 0 saturated heterocycles. The van der Waals surface area contributed by atoms with E-state index in [-0.39, 0.29) is 30.0 Å². The van der Waals surface area contributed by atoms with Crippen LogP contribution in [0.2, 0.25) is 0 Å². The van der Waals surface area contributed by atoms with Crippen molar-refractivity contribution in [3.05, 3.63) is 11.6 Å². The zero-order chi connectivity index (χ0) is 23.3. The van der Waals surface area contributed by atoms with Gasteiger partial charge in [0.1, 0.15) is 5.78 Å². The highest BCUT2D eigenvalue weighted by atomic mass is 16.4. The molecular formula is C27H40O5. The minimum absolute atomic E-state index is 0.0297. The van der Waals surface area contributed by atoms with Crippen molar-refractivity contribution in [1.29, 1.82) is 0 Å². The first-order valence-corrected chi connectivity index (χ1v) is 12.7. The number of unbranched alkanes of at least 4 members (excludes halogenated alkanes) is 2. The van der Waals surface area contributed by atoms with Gasteiger partial charge in [-0.2, -0.15) is 0 Å². The van der Waals surface area contributed by atoms with Gasteiger partial charge < -0.3 is 10.2 Å². The van der Waals surface area contributed by atoms with Crippen LogP contribution >= 0.6 is 0 Å². The van der Waals surface area contributed by atoms with Crippen molar-refractivity contribution in [2.75, 3.05) is 0 Å². The predicted octanol–water partition coefficient (Wildman–Crippen LogP) is 5.10. The van der Waals surface area contributed by atoms with E-state index in [9.17, 15) is 19.5 Å². The zero-order valence-corrected chi connectivity index (χ0v) is 20.0. The quantitative estimate of drug-likeness (QED) is 0.533. The van der Waals surface area contributed by atoms with E-state index in [1.807, 2.05) is 6.08 Å². The Morgan fingerprint density at radius 2 is 1.81 bits per heavy atom. The fourth-order valence-corrected chi connectivity index (χ4v) is 8.70. The maximum atomic E-state index is 12.6. The first-order chi connectivity index (χ1) is 15.0. The fourth-order valence-electron chi connectivity index (χ4n) is 8.70. The van der Waals surface area contributed by atoms with Gasteiger partial charge in [0.05, 0.1) is 5.60 Å². The molecule has 0 bridgehead atoms. The number of carbonyl (C=O) groups is 3. The molecule has 3 saturated carbocycles. The molecule has 4 rings (SSSR count). The molecule has 5 nitrogen and oxygen atoms in total. The second kappa shape index (κ2) is 8.38. The molecule has 0 spiro atoms. The summed E-state index contributed by atoms with van der Waals surface area (Å²) in [5, 5.41) is 21.0. The summed E-state index contributed by atoms with van der Waals surface area (Å²) in [6.45, 7) is 6.29. The van der Waals surface area contributed by atoms with Gasteiger partial charge in [-0.1, -0.05) is 32.3 Å². The van der Waals surface area contributed by atoms with Gasteiger partial charge >= 0.3 is 5.97 Å². The second-order valence-corrected chi connectivity index (χ2v) is 11.7. The Morgan fingerprint density at radius 1 is 1.06 bits per heavy atom. The summed E-state index contributed by atoms with van der Waals surface area (Å²) in [7, 11) is 0. The van der Waals surface area contributed by atoms with E-state index in [1.165, 1.54) is 0 Å². The van der Waals surface area contributed by atoms with Crippen molar-refractivity contribution in [1.82, 2.24) is 0 Å². The smallest absolute Gasteiger partial charge is 0.303 e. The Kier molecular flexibility index (Phi) is 6.19. The molecule has 0 heterocycles. The van der Waals surface area contributed by atoms with Crippen molar-refractivity contribution in [3.8, 4) is 0 Å². The normalized spacial score (nSPS) is 43.1. The van der Waals surface area contributed by atoms with Gasteiger partial charge in [-0.05, 0) is 87.5 Å². The van der Waals surface area contributed by atoms with E-state index in [0.717, 1.165) is 56.9 Å². The third-order valence-electron chi connectivity index (χ3n) is 10.3. The van der Waals surface area contributed by atoms with Crippen LogP contribution < -0.4 is 0 Å². The van der Waals surface area contributed by atoms with Gasteiger partial charge in [-0.3, -0.25) is 14.4 Å². The summed E-state index contributed by atoms with van der Waals surface area (Å²) in [5.74, 6) is 1.09. The summed E-state index contributed by atoms with van der Waals surface area (Å²) in [6.07, 6.45) is 10.9. The number of fused-ring (bicyclic) bond motifs is 5. The van der Waals surface area contributed by atoms with Gasteiger partial charge in [0.15, 0.2) is 5.78 Å². The number of carbonyl (C=O) groups excluding carboxylic acids is 2. The summed E-state index contributed by atoms with van der Waals surface area (Å²) in [4.78, 5) is 35.8. The van der Waals surface area contributed by atoms with Crippen molar-refractivity contribution < 1.29 is 24.6 Å². The van der Waals surface area contributed by atoms with E-state index in [4.69, 9.17) is 5.11 Å². The number of aliphatic hydroxyl groups is 1. The van der Waals surface area contributed by atoms with E-state index in [0.29, 0.717) is 36.4 Å². The first kappa shape index (κ1) is 23.7. The summed E-state index contributed by atoms with van der Waals surface area (Å²) < 4.78 is 0. The van der Waals surface area contributed by atoms with Crippen molar-refractivity contribution in [2.45, 2.75) is 103 Å². The van der Waals surface area contributed by atoms with Crippen LogP contribution in [0.15, 0.2) is 11.6 Å². The Morgan fingerprint density at radius 3 is 2.50 bits per heavy atom. The van der Waals surface area contributed by atoms with Crippen LogP contribution in [0.1, 0.15) is 97.8 Å². The number of carboxylic acid groups (broad SMARTS) is 1. The van der Waals surface area contributed by atoms with Gasteiger partial charge in [0.2, 0.25) is 0 Å². The first-order valence-electron chi connectivity index (χ1n) is 12.7. The molecule has 178 valence electrons. The molecule has 0 aliphatic heterocycles. The molecule has 1 unspecified atom stereocenters. The van der Waals surface area contributed by atoms with E-state index < -0.39 is 17.0 Å². The van der Waals surface area contributed by atoms with E-state index in [2.05, 4.69) is 13.8 Å². The minimum atomic E-state index is -1.06. The van der Waals surface area contributed by atoms with Crippen LogP contribution in [-0.2, 0) is 14.4 Å². The van der Waals surface area contributed by atoms with Crippen LogP contribution in [0.3, 0.4) is 0 Å². The molecule has 0 radical (unpaired) electrons. The standard InChI is InChI=1S/C27H40O5/c1-17(28)21-10-11-22-20-9-8-18-15-19(29)16-27(32,13-6-4-5-7-24(30)31)26(18,3)23(20)12-14-25(21,22)2/h15,20-23,32H,4-14,16H2,1-3H3,(H,30,31)/t20-,21+,22-,23-,25+,26-,27?/m0/s1. The Bertz CT molecular complexity index is 830. The summed E-state index contributed by atoms with van der Waals surface area (Å²) in [5.41, 5.74) is -0.267. The monoisotopic (exact) mass is 444 g/mol. The molecule has 4 aliphatic carbocycles. The minimum Gasteiger partial charge on any atom is -0.481 e. The highest BCUT2D eigenvalue weighted by Crippen LogP contribution is 2.68. The molecule has 0 aromatic carbocycles. The maximum absolute atomic E-state index is 12.6. The summed E-state index contributed by atoms with van der Waals surface area (Å²) >= 11 is 0. The van der Waals surface area contributed by atoms with Crippen molar-refractivity contribution in [2.24, 2.45) is 34.5 Å². The SMILES string of the molecule is CC(=O)[C@H]1CC[C@H]2[C@@H]3CCC4=CC(=O)CC(O)(CCCCCC(=O)O)[C@]4(C)[C@H]3CC[C@]12C. The molecule has 0 aromatic heterocycles. The third kappa shape index (κ3) is 3.59. The lowest BCUT2D eigenvalue weighted by Crippen LogP contribution is -2.61. The van der Waals surface area contributed by atoms with Gasteiger partial charge in [0.25, 0.3) is 0 Å². The topological polar surface area (TPSA) is 91.7 Å². The molecule has 32 heavy (non-hydrogen) atoms. The number of aliphatic carboxylic acids is 1. The molecular weight excluding hydrogens is 404 g/mol. The van der Waals surface area contributed by atoms with Crippen LogP contribution in [0, 0.1) is 34.5 Å². The number of rotatable bonds is 7. The number of hydrogen-bond donors (Lipinski definition) is 2. The third-order valence-corrected chi connectivity index (χ3v) is 10.3. The van der Waals surface area contributed by atoms with Gasteiger partial charge in [0, 0.05) is 24.2 Å². The maximum Gasteiger partial charge on any atom is 0.303 e. The van der Waals surface area contributed by atoms with Crippen molar-refractivity contribution in [3.63, 3.8) is 0 Å². The van der Waals surface area contributed by atoms with E-state index in [1.54, 1.807) is 6.92 Å².